The average molecular weight is 462 g/mol. The maximum atomic E-state index is 13.2. The molecule has 5 rings (SSSR count). The minimum atomic E-state index is -0.0305. The predicted octanol–water partition coefficient (Wildman–Crippen LogP) is 5.88. The molecule has 150 valence electrons. The van der Waals surface area contributed by atoms with E-state index in [4.69, 9.17) is 9.15 Å². The van der Waals surface area contributed by atoms with Gasteiger partial charge in [0.05, 0.1) is 16.5 Å². The van der Waals surface area contributed by atoms with Gasteiger partial charge in [-0.15, -0.1) is 0 Å². The van der Waals surface area contributed by atoms with Gasteiger partial charge in [-0.1, -0.05) is 57.9 Å². The summed E-state index contributed by atoms with van der Waals surface area (Å²) in [5, 5.41) is 0.579. The van der Waals surface area contributed by atoms with Crippen molar-refractivity contribution >= 4 is 26.9 Å². The Morgan fingerprint density at radius 2 is 1.77 bits per heavy atom. The number of hydrogen-bond donors (Lipinski definition) is 0. The summed E-state index contributed by atoms with van der Waals surface area (Å²) < 4.78 is 12.9. The first-order valence-electron chi connectivity index (χ1n) is 9.82. The summed E-state index contributed by atoms with van der Waals surface area (Å²) in [6, 6.07) is 19.8. The Hall–Kier alpha value is -2.89. The molecule has 1 aliphatic rings. The number of halogens is 1. The van der Waals surface area contributed by atoms with Gasteiger partial charge in [0.1, 0.15) is 24.3 Å². The van der Waals surface area contributed by atoms with Gasteiger partial charge in [0.2, 0.25) is 5.43 Å². The molecule has 4 aromatic rings. The maximum absolute atomic E-state index is 13.2. The first-order chi connectivity index (χ1) is 14.6. The van der Waals surface area contributed by atoms with Gasteiger partial charge in [-0.25, -0.2) is 0 Å². The van der Waals surface area contributed by atoms with Gasteiger partial charge >= 0.3 is 0 Å². The Balaban J connectivity index is 1.51. The lowest BCUT2D eigenvalue weighted by molar-refractivity contribution is 0.0890. The van der Waals surface area contributed by atoms with Crippen molar-refractivity contribution in [2.24, 2.45) is 0 Å². The molecular weight excluding hydrogens is 442 g/mol. The molecule has 1 aromatic heterocycles. The monoisotopic (exact) mass is 461 g/mol. The molecule has 3 aromatic carbocycles. The lowest BCUT2D eigenvalue weighted by Crippen LogP contribution is -2.31. The second-order valence-corrected chi connectivity index (χ2v) is 8.57. The molecule has 5 heteroatoms. The van der Waals surface area contributed by atoms with E-state index in [1.807, 2.05) is 30.3 Å². The van der Waals surface area contributed by atoms with E-state index in [0.29, 0.717) is 29.8 Å². The van der Waals surface area contributed by atoms with E-state index in [-0.39, 0.29) is 5.43 Å². The molecule has 0 fully saturated rings. The fourth-order valence-electron chi connectivity index (χ4n) is 3.84. The van der Waals surface area contributed by atoms with E-state index < -0.39 is 0 Å². The van der Waals surface area contributed by atoms with Gasteiger partial charge in [-0.2, -0.15) is 0 Å². The van der Waals surface area contributed by atoms with Gasteiger partial charge in [0.25, 0.3) is 0 Å². The van der Waals surface area contributed by atoms with Crippen LogP contribution >= 0.6 is 15.9 Å². The summed E-state index contributed by atoms with van der Waals surface area (Å²) in [7, 11) is 0. The summed E-state index contributed by atoms with van der Waals surface area (Å²) in [6.07, 6.45) is 1.56. The van der Waals surface area contributed by atoms with Crippen molar-refractivity contribution in [2.45, 2.75) is 20.0 Å². The largest absolute Gasteiger partial charge is 0.478 e. The number of aryl methyl sites for hydroxylation is 1. The van der Waals surface area contributed by atoms with Crippen LogP contribution in [0.25, 0.3) is 22.1 Å². The Labute approximate surface area is 182 Å². The number of hydrogen-bond acceptors (Lipinski definition) is 4. The molecule has 0 aliphatic carbocycles. The zero-order valence-corrected chi connectivity index (χ0v) is 18.1. The summed E-state index contributed by atoms with van der Waals surface area (Å²) in [4.78, 5) is 15.4. The van der Waals surface area contributed by atoms with Crippen molar-refractivity contribution in [1.82, 2.24) is 4.90 Å². The second-order valence-electron chi connectivity index (χ2n) is 7.65. The second kappa shape index (κ2) is 7.74. The topological polar surface area (TPSA) is 42.7 Å². The SMILES string of the molecule is Cc1ccc(CN2COc3ccc4c(=O)c(-c5ccc(Br)cc5)coc4c3C2)cc1. The van der Waals surface area contributed by atoms with Crippen LogP contribution in [0, 0.1) is 6.92 Å². The molecule has 0 atom stereocenters. The molecule has 0 radical (unpaired) electrons. The Morgan fingerprint density at radius 1 is 1.00 bits per heavy atom. The average Bonchev–Trinajstić information content (AvgIpc) is 2.76. The summed E-state index contributed by atoms with van der Waals surface area (Å²) in [5.74, 6) is 0.780. The summed E-state index contributed by atoms with van der Waals surface area (Å²) >= 11 is 3.43. The Morgan fingerprint density at radius 3 is 2.53 bits per heavy atom. The van der Waals surface area contributed by atoms with Crippen LogP contribution in [0.3, 0.4) is 0 Å². The standard InChI is InChI=1S/C25H20BrNO3/c1-16-2-4-17(5-3-16)12-27-13-21-23(30-15-27)11-10-20-24(28)22(14-29-25(20)21)18-6-8-19(26)9-7-18/h2-11,14H,12-13,15H2,1H3. The molecule has 0 unspecified atom stereocenters. The van der Waals surface area contributed by atoms with E-state index in [2.05, 4.69) is 52.0 Å². The summed E-state index contributed by atoms with van der Waals surface area (Å²) in [6.45, 7) is 4.03. The van der Waals surface area contributed by atoms with Crippen molar-refractivity contribution in [2.75, 3.05) is 6.73 Å². The quantitative estimate of drug-likeness (QED) is 0.381. The van der Waals surface area contributed by atoms with Crippen LogP contribution in [0.15, 0.2) is 80.6 Å². The first-order valence-corrected chi connectivity index (χ1v) is 10.6. The van der Waals surface area contributed by atoms with E-state index in [1.165, 1.54) is 11.1 Å². The third-order valence-corrected chi connectivity index (χ3v) is 6.00. The molecule has 0 bridgehead atoms. The van der Waals surface area contributed by atoms with Gasteiger partial charge in [-0.3, -0.25) is 9.69 Å². The molecule has 0 N–H and O–H groups in total. The fourth-order valence-corrected chi connectivity index (χ4v) is 4.10. The number of nitrogens with zero attached hydrogens (tertiary/aromatic N) is 1. The molecule has 0 saturated carbocycles. The number of benzene rings is 3. The zero-order valence-electron chi connectivity index (χ0n) is 16.5. The van der Waals surface area contributed by atoms with Crippen molar-refractivity contribution in [1.29, 1.82) is 0 Å². The zero-order chi connectivity index (χ0) is 20.7. The van der Waals surface area contributed by atoms with Crippen molar-refractivity contribution in [3.05, 3.63) is 98.3 Å². The first kappa shape index (κ1) is 19.1. The lowest BCUT2D eigenvalue weighted by atomic mass is 10.0. The minimum Gasteiger partial charge on any atom is -0.478 e. The highest BCUT2D eigenvalue weighted by atomic mass is 79.9. The predicted molar refractivity (Wildman–Crippen MR) is 122 cm³/mol. The highest BCUT2D eigenvalue weighted by Gasteiger charge is 2.23. The normalized spacial score (nSPS) is 13.8. The van der Waals surface area contributed by atoms with Crippen LogP contribution in [0.5, 0.6) is 5.75 Å². The van der Waals surface area contributed by atoms with Crippen LogP contribution in [0.4, 0.5) is 0 Å². The van der Waals surface area contributed by atoms with Crippen LogP contribution in [-0.2, 0) is 13.1 Å². The molecular formula is C25H20BrNO3. The lowest BCUT2D eigenvalue weighted by Gasteiger charge is -2.29. The van der Waals surface area contributed by atoms with Crippen LogP contribution < -0.4 is 10.2 Å². The number of rotatable bonds is 3. The van der Waals surface area contributed by atoms with Gasteiger partial charge < -0.3 is 9.15 Å². The molecule has 4 nitrogen and oxygen atoms in total. The van der Waals surface area contributed by atoms with Gasteiger partial charge in [0, 0.05) is 17.6 Å². The Kier molecular flexibility index (Phi) is 4.93. The third kappa shape index (κ3) is 3.55. The molecule has 2 heterocycles. The van der Waals surface area contributed by atoms with Crippen LogP contribution in [-0.4, -0.2) is 11.6 Å². The number of ether oxygens (including phenoxy) is 1. The van der Waals surface area contributed by atoms with Gasteiger partial charge in [0.15, 0.2) is 0 Å². The molecule has 0 spiro atoms. The molecule has 0 amide bonds. The summed E-state index contributed by atoms with van der Waals surface area (Å²) in [5.41, 5.74) is 5.36. The third-order valence-electron chi connectivity index (χ3n) is 5.47. The van der Waals surface area contributed by atoms with Crippen molar-refractivity contribution in [3.8, 4) is 16.9 Å². The van der Waals surface area contributed by atoms with Gasteiger partial charge in [-0.05, 0) is 42.3 Å². The number of fused-ring (bicyclic) bond motifs is 3. The van der Waals surface area contributed by atoms with Crippen LogP contribution in [0.2, 0.25) is 0 Å². The smallest absolute Gasteiger partial charge is 0.200 e. The van der Waals surface area contributed by atoms with E-state index in [1.54, 1.807) is 12.3 Å². The van der Waals surface area contributed by atoms with Crippen LogP contribution in [0.1, 0.15) is 16.7 Å². The molecule has 30 heavy (non-hydrogen) atoms. The molecule has 0 saturated heterocycles. The maximum Gasteiger partial charge on any atom is 0.200 e. The highest BCUT2D eigenvalue weighted by molar-refractivity contribution is 9.10. The Bertz CT molecular complexity index is 1280. The molecule has 1 aliphatic heterocycles. The van der Waals surface area contributed by atoms with Crippen molar-refractivity contribution < 1.29 is 9.15 Å². The van der Waals surface area contributed by atoms with E-state index in [0.717, 1.165) is 27.9 Å². The minimum absolute atomic E-state index is 0.0305. The highest BCUT2D eigenvalue weighted by Crippen LogP contribution is 2.33. The fraction of sp³-hybridized carbons (Fsp3) is 0.160. The van der Waals surface area contributed by atoms with Crippen molar-refractivity contribution in [3.63, 3.8) is 0 Å². The van der Waals surface area contributed by atoms with E-state index >= 15 is 0 Å². The van der Waals surface area contributed by atoms with E-state index in [9.17, 15) is 4.79 Å².